The van der Waals surface area contributed by atoms with Gasteiger partial charge in [0.05, 0.1) is 0 Å². The maximum atomic E-state index is 2.39. The molecule has 1 heteroatoms. The van der Waals surface area contributed by atoms with Crippen LogP contribution in [0.5, 0.6) is 0 Å². The fraction of sp³-hybridized carbons (Fsp3) is 0.429. The van der Waals surface area contributed by atoms with Gasteiger partial charge in [-0.25, -0.2) is 0 Å². The normalized spacial score (nSPS) is 17.0. The highest BCUT2D eigenvalue weighted by Crippen LogP contribution is 2.36. The summed E-state index contributed by atoms with van der Waals surface area (Å²) in [5.74, 6) is 0.518. The average molecular weight is 293 g/mol. The van der Waals surface area contributed by atoms with E-state index in [4.69, 9.17) is 0 Å². The van der Waals surface area contributed by atoms with E-state index in [1.165, 1.54) is 36.8 Å². The number of hydrogen-bond acceptors (Lipinski definition) is 1. The first-order valence-corrected chi connectivity index (χ1v) is 8.50. The average Bonchev–Trinajstić information content (AvgIpc) is 2.66. The maximum absolute atomic E-state index is 2.39. The highest BCUT2D eigenvalue weighted by molar-refractivity contribution is 5.48. The first kappa shape index (κ1) is 15.3. The molecule has 0 N–H and O–H groups in total. The van der Waals surface area contributed by atoms with Crippen LogP contribution in [-0.4, -0.2) is 25.5 Å². The van der Waals surface area contributed by atoms with Crippen LogP contribution in [0.15, 0.2) is 42.5 Å². The quantitative estimate of drug-likeness (QED) is 0.806. The fourth-order valence-corrected chi connectivity index (χ4v) is 3.85. The number of hydrogen-bond donors (Lipinski definition) is 0. The molecule has 1 aliphatic rings. The van der Waals surface area contributed by atoms with Gasteiger partial charge in [0.1, 0.15) is 0 Å². The third-order valence-corrected chi connectivity index (χ3v) is 4.96. The van der Waals surface area contributed by atoms with Crippen molar-refractivity contribution in [2.45, 2.75) is 38.5 Å². The molecule has 2 aromatic carbocycles. The minimum atomic E-state index is 0.518. The van der Waals surface area contributed by atoms with Crippen molar-refractivity contribution in [3.05, 3.63) is 70.3 Å². The lowest BCUT2D eigenvalue weighted by Crippen LogP contribution is -2.14. The second-order valence-corrected chi connectivity index (χ2v) is 6.82. The summed E-state index contributed by atoms with van der Waals surface area (Å²) in [5.41, 5.74) is 7.78. The fourth-order valence-electron chi connectivity index (χ4n) is 3.85. The molecule has 0 aromatic heterocycles. The SMILES string of the molecule is CC1c2ccccc2CCc2cccc(CCCN(C)C)c21. The molecule has 0 aliphatic heterocycles. The summed E-state index contributed by atoms with van der Waals surface area (Å²) in [6, 6.07) is 15.9. The van der Waals surface area contributed by atoms with Crippen LogP contribution in [-0.2, 0) is 19.3 Å². The van der Waals surface area contributed by atoms with Gasteiger partial charge in [0.25, 0.3) is 0 Å². The molecule has 1 nitrogen and oxygen atoms in total. The third-order valence-electron chi connectivity index (χ3n) is 4.96. The van der Waals surface area contributed by atoms with Gasteiger partial charge in [0.2, 0.25) is 0 Å². The molecule has 0 saturated heterocycles. The molecule has 3 rings (SSSR count). The smallest absolute Gasteiger partial charge is 0.00691 e. The molecule has 0 saturated carbocycles. The molecule has 0 spiro atoms. The van der Waals surface area contributed by atoms with E-state index < -0.39 is 0 Å². The molecule has 0 heterocycles. The lowest BCUT2D eigenvalue weighted by Gasteiger charge is -2.20. The predicted molar refractivity (Wildman–Crippen MR) is 94.7 cm³/mol. The monoisotopic (exact) mass is 293 g/mol. The predicted octanol–water partition coefficient (Wildman–Crippen LogP) is 4.43. The Morgan fingerprint density at radius 2 is 1.68 bits per heavy atom. The molecule has 0 amide bonds. The van der Waals surface area contributed by atoms with E-state index in [9.17, 15) is 0 Å². The number of benzene rings is 2. The zero-order chi connectivity index (χ0) is 15.5. The van der Waals surface area contributed by atoms with Gasteiger partial charge >= 0.3 is 0 Å². The van der Waals surface area contributed by atoms with Crippen LogP contribution in [0.25, 0.3) is 0 Å². The Morgan fingerprint density at radius 3 is 2.50 bits per heavy atom. The summed E-state index contributed by atoms with van der Waals surface area (Å²) in [6.07, 6.45) is 4.78. The summed E-state index contributed by atoms with van der Waals surface area (Å²) in [6.45, 7) is 3.55. The Hall–Kier alpha value is -1.60. The topological polar surface area (TPSA) is 3.24 Å². The summed E-state index contributed by atoms with van der Waals surface area (Å²) < 4.78 is 0. The van der Waals surface area contributed by atoms with Gasteiger partial charge in [-0.1, -0.05) is 49.4 Å². The van der Waals surface area contributed by atoms with E-state index in [0.717, 1.165) is 6.54 Å². The van der Waals surface area contributed by atoms with Crippen molar-refractivity contribution in [3.8, 4) is 0 Å². The zero-order valence-electron chi connectivity index (χ0n) is 14.1. The molecule has 1 aliphatic carbocycles. The number of rotatable bonds is 4. The zero-order valence-corrected chi connectivity index (χ0v) is 14.1. The van der Waals surface area contributed by atoms with Crippen molar-refractivity contribution in [3.63, 3.8) is 0 Å². The first-order chi connectivity index (χ1) is 10.7. The molecule has 22 heavy (non-hydrogen) atoms. The Balaban J connectivity index is 1.94. The number of aryl methyl sites for hydroxylation is 3. The first-order valence-electron chi connectivity index (χ1n) is 8.50. The van der Waals surface area contributed by atoms with Crippen LogP contribution in [0.1, 0.15) is 47.1 Å². The van der Waals surface area contributed by atoms with Crippen molar-refractivity contribution in [2.24, 2.45) is 0 Å². The van der Waals surface area contributed by atoms with Crippen molar-refractivity contribution >= 4 is 0 Å². The van der Waals surface area contributed by atoms with E-state index >= 15 is 0 Å². The van der Waals surface area contributed by atoms with Gasteiger partial charge in [-0.2, -0.15) is 0 Å². The van der Waals surface area contributed by atoms with E-state index in [0.29, 0.717) is 5.92 Å². The molecule has 2 aromatic rings. The largest absolute Gasteiger partial charge is 0.309 e. The second kappa shape index (κ2) is 6.66. The van der Waals surface area contributed by atoms with Crippen LogP contribution in [0.3, 0.4) is 0 Å². The summed E-state index contributed by atoms with van der Waals surface area (Å²) >= 11 is 0. The van der Waals surface area contributed by atoms with E-state index in [1.54, 1.807) is 16.7 Å². The third kappa shape index (κ3) is 3.10. The number of nitrogens with zero attached hydrogens (tertiary/aromatic N) is 1. The Kier molecular flexibility index (Phi) is 4.63. The van der Waals surface area contributed by atoms with Gasteiger partial charge in [-0.3, -0.25) is 0 Å². The Bertz CT molecular complexity index is 642. The van der Waals surface area contributed by atoms with Crippen LogP contribution >= 0.6 is 0 Å². The van der Waals surface area contributed by atoms with E-state index in [-0.39, 0.29) is 0 Å². The summed E-state index contributed by atoms with van der Waals surface area (Å²) in [5, 5.41) is 0. The number of fused-ring (bicyclic) bond motifs is 2. The standard InChI is InChI=1S/C21H27N/c1-16-20-12-5-4-8-17(20)13-14-19-10-6-9-18(21(16)19)11-7-15-22(2)3/h4-6,8-10,12,16H,7,11,13-15H2,1-3H3. The molecular formula is C21H27N. The van der Waals surface area contributed by atoms with Crippen molar-refractivity contribution in [1.29, 1.82) is 0 Å². The lowest BCUT2D eigenvalue weighted by molar-refractivity contribution is 0.400. The van der Waals surface area contributed by atoms with Crippen LogP contribution in [0.2, 0.25) is 0 Å². The van der Waals surface area contributed by atoms with E-state index in [2.05, 4.69) is 68.4 Å². The van der Waals surface area contributed by atoms with Crippen LogP contribution in [0.4, 0.5) is 0 Å². The molecule has 1 atom stereocenters. The highest BCUT2D eigenvalue weighted by atomic mass is 15.0. The van der Waals surface area contributed by atoms with Gasteiger partial charge < -0.3 is 4.90 Å². The summed E-state index contributed by atoms with van der Waals surface area (Å²) in [4.78, 5) is 2.28. The minimum Gasteiger partial charge on any atom is -0.309 e. The highest BCUT2D eigenvalue weighted by Gasteiger charge is 2.22. The van der Waals surface area contributed by atoms with Gasteiger partial charge in [0, 0.05) is 5.92 Å². The Morgan fingerprint density at radius 1 is 0.955 bits per heavy atom. The van der Waals surface area contributed by atoms with Crippen LogP contribution < -0.4 is 0 Å². The summed E-state index contributed by atoms with van der Waals surface area (Å²) in [7, 11) is 4.31. The van der Waals surface area contributed by atoms with Crippen LogP contribution in [0, 0.1) is 0 Å². The molecule has 0 fully saturated rings. The van der Waals surface area contributed by atoms with Crippen molar-refractivity contribution in [1.82, 2.24) is 4.90 Å². The van der Waals surface area contributed by atoms with E-state index in [1.807, 2.05) is 0 Å². The lowest BCUT2D eigenvalue weighted by atomic mass is 9.85. The molecule has 0 radical (unpaired) electrons. The molecular weight excluding hydrogens is 266 g/mol. The van der Waals surface area contributed by atoms with Crippen molar-refractivity contribution < 1.29 is 0 Å². The maximum Gasteiger partial charge on any atom is 0.00691 e. The molecule has 1 unspecified atom stereocenters. The molecule has 116 valence electrons. The minimum absolute atomic E-state index is 0.518. The van der Waals surface area contributed by atoms with Gasteiger partial charge in [-0.15, -0.1) is 0 Å². The van der Waals surface area contributed by atoms with Crippen molar-refractivity contribution in [2.75, 3.05) is 20.6 Å². The molecule has 0 bridgehead atoms. The van der Waals surface area contributed by atoms with Gasteiger partial charge in [-0.05, 0) is 74.1 Å². The van der Waals surface area contributed by atoms with Gasteiger partial charge in [0.15, 0.2) is 0 Å². The second-order valence-electron chi connectivity index (χ2n) is 6.82. The Labute approximate surface area is 135 Å².